The Balaban J connectivity index is 0.00000144. The molecule has 2 heterocycles. The third-order valence-corrected chi connectivity index (χ3v) is 3.78. The zero-order valence-corrected chi connectivity index (χ0v) is 12.0. The number of aromatic nitrogens is 4. The Labute approximate surface area is 114 Å². The van der Waals surface area contributed by atoms with Crippen LogP contribution in [0.1, 0.15) is 11.5 Å². The first kappa shape index (κ1) is 14.4. The SMILES string of the molecule is CNCc1nnc(SCc2cscn2)n1C.Cl. The zero-order chi connectivity index (χ0) is 11.4. The van der Waals surface area contributed by atoms with E-state index in [1.54, 1.807) is 23.1 Å². The lowest BCUT2D eigenvalue weighted by atomic mass is 10.6. The van der Waals surface area contributed by atoms with Gasteiger partial charge in [0.25, 0.3) is 0 Å². The van der Waals surface area contributed by atoms with Crippen molar-refractivity contribution in [3.05, 3.63) is 22.4 Å². The fourth-order valence-corrected chi connectivity index (χ4v) is 2.73. The maximum Gasteiger partial charge on any atom is 0.191 e. The van der Waals surface area contributed by atoms with Crippen LogP contribution in [0.15, 0.2) is 16.0 Å². The van der Waals surface area contributed by atoms with Crippen LogP contribution < -0.4 is 5.32 Å². The smallest absolute Gasteiger partial charge is 0.191 e. The third-order valence-electron chi connectivity index (χ3n) is 2.09. The summed E-state index contributed by atoms with van der Waals surface area (Å²) in [5, 5.41) is 14.3. The normalized spacial score (nSPS) is 10.2. The number of nitrogens with zero attached hydrogens (tertiary/aromatic N) is 4. The summed E-state index contributed by atoms with van der Waals surface area (Å²) < 4.78 is 2.01. The van der Waals surface area contributed by atoms with Crippen LogP contribution in [-0.4, -0.2) is 26.8 Å². The molecule has 0 saturated carbocycles. The standard InChI is InChI=1S/C9H13N5S2.ClH/c1-10-3-8-12-13-9(14(8)2)16-5-7-4-15-6-11-7;/h4,6,10H,3,5H2,1-2H3;1H. The second kappa shape index (κ2) is 6.95. The van der Waals surface area contributed by atoms with E-state index in [1.807, 2.05) is 24.2 Å². The van der Waals surface area contributed by atoms with Crippen LogP contribution in [0.5, 0.6) is 0 Å². The van der Waals surface area contributed by atoms with Crippen molar-refractivity contribution in [2.45, 2.75) is 17.5 Å². The fraction of sp³-hybridized carbons (Fsp3) is 0.444. The van der Waals surface area contributed by atoms with E-state index >= 15 is 0 Å². The Morgan fingerprint density at radius 3 is 2.94 bits per heavy atom. The first-order valence-corrected chi connectivity index (χ1v) is 6.77. The van der Waals surface area contributed by atoms with Gasteiger partial charge in [-0.05, 0) is 7.05 Å². The van der Waals surface area contributed by atoms with Crippen molar-refractivity contribution in [1.29, 1.82) is 0 Å². The van der Waals surface area contributed by atoms with Gasteiger partial charge in [0, 0.05) is 18.2 Å². The van der Waals surface area contributed by atoms with E-state index in [1.165, 1.54) is 0 Å². The molecule has 2 aromatic heterocycles. The number of thioether (sulfide) groups is 1. The molecule has 5 nitrogen and oxygen atoms in total. The van der Waals surface area contributed by atoms with E-state index in [9.17, 15) is 0 Å². The molecular formula is C9H14ClN5S2. The van der Waals surface area contributed by atoms with E-state index in [0.717, 1.165) is 29.0 Å². The van der Waals surface area contributed by atoms with E-state index in [4.69, 9.17) is 0 Å². The molecule has 0 unspecified atom stereocenters. The van der Waals surface area contributed by atoms with Crippen molar-refractivity contribution in [2.75, 3.05) is 7.05 Å². The lowest BCUT2D eigenvalue weighted by Gasteiger charge is -2.01. The molecule has 0 fully saturated rings. The highest BCUT2D eigenvalue weighted by atomic mass is 35.5. The van der Waals surface area contributed by atoms with Gasteiger partial charge in [-0.3, -0.25) is 0 Å². The molecule has 0 aliphatic carbocycles. The molecule has 0 radical (unpaired) electrons. The van der Waals surface area contributed by atoms with Gasteiger partial charge in [-0.25, -0.2) is 4.98 Å². The Morgan fingerprint density at radius 2 is 2.29 bits per heavy atom. The maximum absolute atomic E-state index is 4.23. The van der Waals surface area contributed by atoms with Gasteiger partial charge < -0.3 is 9.88 Å². The molecule has 0 spiro atoms. The minimum absolute atomic E-state index is 0. The van der Waals surface area contributed by atoms with Gasteiger partial charge in [0.2, 0.25) is 0 Å². The summed E-state index contributed by atoms with van der Waals surface area (Å²) in [6, 6.07) is 0. The quantitative estimate of drug-likeness (QED) is 0.850. The summed E-state index contributed by atoms with van der Waals surface area (Å²) >= 11 is 3.27. The molecule has 17 heavy (non-hydrogen) atoms. The topological polar surface area (TPSA) is 55.6 Å². The van der Waals surface area contributed by atoms with Crippen molar-refractivity contribution >= 4 is 35.5 Å². The monoisotopic (exact) mass is 291 g/mol. The molecule has 0 amide bonds. The van der Waals surface area contributed by atoms with Crippen molar-refractivity contribution in [1.82, 2.24) is 25.1 Å². The van der Waals surface area contributed by atoms with Gasteiger partial charge in [-0.1, -0.05) is 11.8 Å². The van der Waals surface area contributed by atoms with Gasteiger partial charge in [0.05, 0.1) is 17.7 Å². The van der Waals surface area contributed by atoms with Gasteiger partial charge in [-0.15, -0.1) is 33.9 Å². The molecule has 0 aliphatic rings. The molecule has 1 N–H and O–H groups in total. The summed E-state index contributed by atoms with van der Waals surface area (Å²) in [6.45, 7) is 0.737. The van der Waals surface area contributed by atoms with E-state index in [0.29, 0.717) is 0 Å². The molecular weight excluding hydrogens is 278 g/mol. The zero-order valence-electron chi connectivity index (χ0n) is 9.58. The molecule has 2 rings (SSSR count). The summed E-state index contributed by atoms with van der Waals surface area (Å²) in [5.74, 6) is 1.79. The van der Waals surface area contributed by atoms with E-state index in [-0.39, 0.29) is 12.4 Å². The van der Waals surface area contributed by atoms with Crippen LogP contribution in [-0.2, 0) is 19.3 Å². The van der Waals surface area contributed by atoms with Crippen molar-refractivity contribution in [3.63, 3.8) is 0 Å². The summed E-state index contributed by atoms with van der Waals surface area (Å²) in [5.41, 5.74) is 2.94. The van der Waals surface area contributed by atoms with Gasteiger partial charge >= 0.3 is 0 Å². The van der Waals surface area contributed by atoms with Crippen LogP contribution in [0.4, 0.5) is 0 Å². The number of rotatable bonds is 5. The molecule has 8 heteroatoms. The number of hydrogen-bond acceptors (Lipinski definition) is 6. The lowest BCUT2D eigenvalue weighted by molar-refractivity contribution is 0.682. The Hall–Kier alpha value is -0.630. The summed E-state index contributed by atoms with van der Waals surface area (Å²) in [6.07, 6.45) is 0. The van der Waals surface area contributed by atoms with E-state index in [2.05, 4.69) is 25.9 Å². The molecule has 0 bridgehead atoms. The minimum Gasteiger partial charge on any atom is -0.313 e. The minimum atomic E-state index is 0. The number of thiazole rings is 1. The molecule has 2 aromatic rings. The maximum atomic E-state index is 4.23. The second-order valence-electron chi connectivity index (χ2n) is 3.26. The molecule has 94 valence electrons. The van der Waals surface area contributed by atoms with Gasteiger partial charge in [0.1, 0.15) is 5.82 Å². The highest BCUT2D eigenvalue weighted by molar-refractivity contribution is 7.98. The average Bonchev–Trinajstić information content (AvgIpc) is 2.89. The molecule has 0 saturated heterocycles. The van der Waals surface area contributed by atoms with Crippen molar-refractivity contribution in [2.24, 2.45) is 7.05 Å². The molecule has 0 aromatic carbocycles. The number of halogens is 1. The summed E-state index contributed by atoms with van der Waals surface area (Å²) in [7, 11) is 3.88. The van der Waals surface area contributed by atoms with Gasteiger partial charge in [0.15, 0.2) is 5.16 Å². The summed E-state index contributed by atoms with van der Waals surface area (Å²) in [4.78, 5) is 4.23. The van der Waals surface area contributed by atoms with Crippen LogP contribution in [0.3, 0.4) is 0 Å². The first-order valence-electron chi connectivity index (χ1n) is 4.84. The Morgan fingerprint density at radius 1 is 1.47 bits per heavy atom. The predicted molar refractivity (Wildman–Crippen MR) is 72.7 cm³/mol. The van der Waals surface area contributed by atoms with E-state index < -0.39 is 0 Å². The number of hydrogen-bond donors (Lipinski definition) is 1. The van der Waals surface area contributed by atoms with Crippen molar-refractivity contribution in [3.8, 4) is 0 Å². The molecule has 0 atom stereocenters. The Bertz CT molecular complexity index is 442. The highest BCUT2D eigenvalue weighted by Crippen LogP contribution is 2.20. The van der Waals surface area contributed by atoms with Crippen molar-refractivity contribution < 1.29 is 0 Å². The lowest BCUT2D eigenvalue weighted by Crippen LogP contribution is -2.10. The van der Waals surface area contributed by atoms with Crippen LogP contribution in [0.2, 0.25) is 0 Å². The highest BCUT2D eigenvalue weighted by Gasteiger charge is 2.08. The first-order chi connectivity index (χ1) is 7.81. The number of nitrogens with one attached hydrogen (secondary N) is 1. The van der Waals surface area contributed by atoms with Crippen LogP contribution in [0, 0.1) is 0 Å². The largest absolute Gasteiger partial charge is 0.313 e. The fourth-order valence-electron chi connectivity index (χ4n) is 1.23. The van der Waals surface area contributed by atoms with Gasteiger partial charge in [-0.2, -0.15) is 0 Å². The third kappa shape index (κ3) is 3.67. The predicted octanol–water partition coefficient (Wildman–Crippen LogP) is 1.71. The van der Waals surface area contributed by atoms with Crippen LogP contribution in [0.25, 0.3) is 0 Å². The Kier molecular flexibility index (Phi) is 5.90. The van der Waals surface area contributed by atoms with Crippen LogP contribution >= 0.6 is 35.5 Å². The molecule has 0 aliphatic heterocycles. The average molecular weight is 292 g/mol. The second-order valence-corrected chi connectivity index (χ2v) is 4.92.